The van der Waals surface area contributed by atoms with Gasteiger partial charge in [-0.05, 0) is 30.3 Å². The van der Waals surface area contributed by atoms with Crippen LogP contribution in [0.5, 0.6) is 5.75 Å². The van der Waals surface area contributed by atoms with Crippen molar-refractivity contribution in [2.24, 2.45) is 0 Å². The zero-order valence-corrected chi connectivity index (χ0v) is 13.9. The molecule has 1 aromatic heterocycles. The fraction of sp³-hybridized carbons (Fsp3) is 0.0625. The second-order valence-corrected chi connectivity index (χ2v) is 5.53. The molecule has 0 bridgehead atoms. The van der Waals surface area contributed by atoms with Crippen LogP contribution in [0.25, 0.3) is 11.5 Å². The number of nitrogens with one attached hydrogen (secondary N) is 1. The Morgan fingerprint density at radius 2 is 1.96 bits per heavy atom. The van der Waals surface area contributed by atoms with E-state index in [-0.39, 0.29) is 11.8 Å². The Bertz CT molecular complexity index is 896. The Morgan fingerprint density at radius 1 is 1.17 bits per heavy atom. The number of carbonyl (C=O) groups excluding carboxylic acids is 1. The third-order valence-electron chi connectivity index (χ3n) is 3.14. The van der Waals surface area contributed by atoms with E-state index in [2.05, 4.69) is 15.5 Å². The highest BCUT2D eigenvalue weighted by Gasteiger charge is 2.19. The lowest BCUT2D eigenvalue weighted by Crippen LogP contribution is -2.12. The monoisotopic (exact) mass is 363 g/mol. The number of rotatable bonds is 4. The van der Waals surface area contributed by atoms with Crippen LogP contribution < -0.4 is 10.1 Å². The first-order chi connectivity index (χ1) is 11.6. The number of amides is 1. The molecule has 0 aliphatic rings. The quantitative estimate of drug-likeness (QED) is 0.747. The van der Waals surface area contributed by atoms with E-state index in [1.54, 1.807) is 30.3 Å². The number of nitrogens with zero attached hydrogens (tertiary/aromatic N) is 2. The van der Waals surface area contributed by atoms with Gasteiger partial charge in [0.2, 0.25) is 0 Å². The van der Waals surface area contributed by atoms with Crippen LogP contribution in [-0.2, 0) is 0 Å². The summed E-state index contributed by atoms with van der Waals surface area (Å²) in [6.07, 6.45) is 0. The lowest BCUT2D eigenvalue weighted by Gasteiger charge is -2.05. The van der Waals surface area contributed by atoms with Crippen molar-refractivity contribution in [3.63, 3.8) is 0 Å². The van der Waals surface area contributed by atoms with Gasteiger partial charge in [0.15, 0.2) is 0 Å². The molecule has 0 aliphatic heterocycles. The number of ether oxygens (including phenoxy) is 1. The molecule has 0 fully saturated rings. The van der Waals surface area contributed by atoms with Crippen LogP contribution in [-0.4, -0.2) is 23.2 Å². The van der Waals surface area contributed by atoms with E-state index in [1.807, 2.05) is 6.07 Å². The summed E-state index contributed by atoms with van der Waals surface area (Å²) in [5.74, 6) is -0.0246. The maximum absolute atomic E-state index is 12.2. The van der Waals surface area contributed by atoms with E-state index in [1.165, 1.54) is 13.2 Å². The summed E-state index contributed by atoms with van der Waals surface area (Å²) in [5.41, 5.74) is 0.985. The Kier molecular flexibility index (Phi) is 4.69. The fourth-order valence-corrected chi connectivity index (χ4v) is 2.47. The average Bonchev–Trinajstić information content (AvgIpc) is 3.07. The molecule has 1 amide bonds. The lowest BCUT2D eigenvalue weighted by molar-refractivity contribution is 0.0991. The molecular weight excluding hydrogens is 353 g/mol. The highest BCUT2D eigenvalue weighted by Crippen LogP contribution is 2.29. The van der Waals surface area contributed by atoms with Crippen molar-refractivity contribution >= 4 is 34.8 Å². The van der Waals surface area contributed by atoms with Crippen molar-refractivity contribution < 1.29 is 13.9 Å². The Morgan fingerprint density at radius 3 is 2.71 bits per heavy atom. The molecule has 0 saturated heterocycles. The summed E-state index contributed by atoms with van der Waals surface area (Å²) >= 11 is 11.8. The van der Waals surface area contributed by atoms with Crippen molar-refractivity contribution in [2.45, 2.75) is 0 Å². The minimum absolute atomic E-state index is 0.180. The number of aromatic nitrogens is 2. The molecule has 6 nitrogen and oxygen atoms in total. The van der Waals surface area contributed by atoms with Gasteiger partial charge in [0.25, 0.3) is 5.89 Å². The molecule has 3 aromatic rings. The predicted octanol–water partition coefficient (Wildman–Crippen LogP) is 4.30. The number of hydrogen-bond acceptors (Lipinski definition) is 5. The van der Waals surface area contributed by atoms with Crippen LogP contribution in [0, 0.1) is 0 Å². The van der Waals surface area contributed by atoms with Gasteiger partial charge in [0.05, 0.1) is 23.4 Å². The minimum Gasteiger partial charge on any atom is -0.496 e. The van der Waals surface area contributed by atoms with E-state index >= 15 is 0 Å². The van der Waals surface area contributed by atoms with Gasteiger partial charge in [-0.2, -0.15) is 0 Å². The lowest BCUT2D eigenvalue weighted by atomic mass is 10.2. The molecule has 0 radical (unpaired) electrons. The molecule has 2 aromatic carbocycles. The van der Waals surface area contributed by atoms with E-state index in [0.29, 0.717) is 27.0 Å². The number of halogens is 2. The summed E-state index contributed by atoms with van der Waals surface area (Å²) in [5, 5.41) is 11.0. The zero-order chi connectivity index (χ0) is 17.1. The van der Waals surface area contributed by atoms with E-state index in [0.717, 1.165) is 0 Å². The topological polar surface area (TPSA) is 77.2 Å². The Labute approximate surface area is 147 Å². The van der Waals surface area contributed by atoms with Gasteiger partial charge in [0, 0.05) is 5.02 Å². The van der Waals surface area contributed by atoms with Crippen LogP contribution in [0.4, 0.5) is 5.69 Å². The smallest absolute Gasteiger partial charge is 0.313 e. The second kappa shape index (κ2) is 6.90. The van der Waals surface area contributed by atoms with Gasteiger partial charge in [-0.1, -0.05) is 35.3 Å². The van der Waals surface area contributed by atoms with E-state index in [9.17, 15) is 4.79 Å². The van der Waals surface area contributed by atoms with Crippen LogP contribution in [0.3, 0.4) is 0 Å². The fourth-order valence-electron chi connectivity index (χ4n) is 2.01. The first-order valence-corrected chi connectivity index (χ1v) is 7.57. The average molecular weight is 364 g/mol. The number of anilines is 1. The largest absolute Gasteiger partial charge is 0.496 e. The minimum atomic E-state index is -0.576. The summed E-state index contributed by atoms with van der Waals surface area (Å²) in [4.78, 5) is 12.2. The SMILES string of the molecule is COc1ccccc1-c1nnc(C(=O)Nc2ccc(Cl)cc2Cl)o1. The van der Waals surface area contributed by atoms with Gasteiger partial charge in [-0.3, -0.25) is 4.79 Å². The second-order valence-electron chi connectivity index (χ2n) is 4.69. The third kappa shape index (κ3) is 3.34. The standard InChI is InChI=1S/C16H11Cl2N3O3/c1-23-13-5-3-2-4-10(13)15-20-21-16(24-15)14(22)19-12-7-6-9(17)8-11(12)18/h2-8H,1H3,(H,19,22). The van der Waals surface area contributed by atoms with Crippen molar-refractivity contribution in [1.29, 1.82) is 0 Å². The van der Waals surface area contributed by atoms with Crippen LogP contribution in [0.15, 0.2) is 46.9 Å². The van der Waals surface area contributed by atoms with E-state index in [4.69, 9.17) is 32.4 Å². The number of carbonyl (C=O) groups is 1. The number of benzene rings is 2. The molecule has 0 unspecified atom stereocenters. The summed E-state index contributed by atoms with van der Waals surface area (Å²) < 4.78 is 10.7. The molecule has 1 N–H and O–H groups in total. The highest BCUT2D eigenvalue weighted by atomic mass is 35.5. The predicted molar refractivity (Wildman–Crippen MR) is 90.7 cm³/mol. The molecule has 0 aliphatic carbocycles. The van der Waals surface area contributed by atoms with Crippen molar-refractivity contribution in [1.82, 2.24) is 10.2 Å². The molecule has 0 spiro atoms. The first-order valence-electron chi connectivity index (χ1n) is 6.82. The Balaban J connectivity index is 1.83. The van der Waals surface area contributed by atoms with Gasteiger partial charge >= 0.3 is 11.8 Å². The van der Waals surface area contributed by atoms with Gasteiger partial charge in [-0.25, -0.2) is 0 Å². The highest BCUT2D eigenvalue weighted by molar-refractivity contribution is 6.36. The summed E-state index contributed by atoms with van der Waals surface area (Å²) in [7, 11) is 1.53. The number of methoxy groups -OCH3 is 1. The number of hydrogen-bond donors (Lipinski definition) is 1. The molecule has 122 valence electrons. The number of para-hydroxylation sites is 1. The van der Waals surface area contributed by atoms with Crippen molar-refractivity contribution in [3.05, 3.63) is 58.4 Å². The molecule has 0 saturated carbocycles. The Hall–Kier alpha value is -2.57. The maximum Gasteiger partial charge on any atom is 0.313 e. The summed E-state index contributed by atoms with van der Waals surface area (Å²) in [6, 6.07) is 11.8. The van der Waals surface area contributed by atoms with Crippen LogP contribution in [0.1, 0.15) is 10.7 Å². The zero-order valence-electron chi connectivity index (χ0n) is 12.4. The first kappa shape index (κ1) is 16.3. The summed E-state index contributed by atoms with van der Waals surface area (Å²) in [6.45, 7) is 0. The van der Waals surface area contributed by atoms with Crippen LogP contribution in [0.2, 0.25) is 10.0 Å². The van der Waals surface area contributed by atoms with Gasteiger partial charge in [-0.15, -0.1) is 10.2 Å². The molecule has 24 heavy (non-hydrogen) atoms. The molecule has 3 rings (SSSR count). The molecule has 0 atom stereocenters. The van der Waals surface area contributed by atoms with Gasteiger partial charge in [0.1, 0.15) is 5.75 Å². The van der Waals surface area contributed by atoms with Crippen LogP contribution >= 0.6 is 23.2 Å². The van der Waals surface area contributed by atoms with Crippen molar-refractivity contribution in [3.8, 4) is 17.2 Å². The molecule has 8 heteroatoms. The van der Waals surface area contributed by atoms with E-state index < -0.39 is 5.91 Å². The normalized spacial score (nSPS) is 10.5. The molecule has 1 heterocycles. The van der Waals surface area contributed by atoms with Crippen molar-refractivity contribution in [2.75, 3.05) is 12.4 Å². The molecular formula is C16H11Cl2N3O3. The maximum atomic E-state index is 12.2. The van der Waals surface area contributed by atoms with Gasteiger partial charge < -0.3 is 14.5 Å². The third-order valence-corrected chi connectivity index (χ3v) is 3.68.